The molecule has 0 spiro atoms. The maximum atomic E-state index is 12.2. The fraction of sp³-hybridized carbons (Fsp3) is 0.636. The largest absolute Gasteiger partial charge is 0.490 e. The van der Waals surface area contributed by atoms with Crippen molar-refractivity contribution in [3.05, 3.63) is 32.7 Å². The van der Waals surface area contributed by atoms with Crippen molar-refractivity contribution in [2.24, 2.45) is 5.11 Å². The lowest BCUT2D eigenvalue weighted by atomic mass is 10.1. The Hall–Kier alpha value is -1.72. The van der Waals surface area contributed by atoms with Crippen LogP contribution in [0.15, 0.2) is 16.1 Å². The van der Waals surface area contributed by atoms with E-state index in [2.05, 4.69) is 28.2 Å². The number of ether oxygens (including phenoxy) is 1. The fourth-order valence-corrected chi connectivity index (χ4v) is 5.71. The predicted molar refractivity (Wildman–Crippen MR) is 106 cm³/mol. The molecular formula is C11H19N6O14P3. The van der Waals surface area contributed by atoms with Crippen molar-refractivity contribution in [1.82, 2.24) is 9.55 Å². The second-order valence-corrected chi connectivity index (χ2v) is 10.9. The topological polar surface area (TPSA) is 319 Å². The van der Waals surface area contributed by atoms with Crippen LogP contribution in [-0.2, 0) is 38.0 Å². The van der Waals surface area contributed by atoms with E-state index in [4.69, 9.17) is 30.7 Å². The number of nitrogens with zero attached hydrogens (tertiary/aromatic N) is 5. The molecule has 2 heterocycles. The molecule has 1 saturated heterocycles. The van der Waals surface area contributed by atoms with Gasteiger partial charge in [0.1, 0.15) is 24.1 Å². The van der Waals surface area contributed by atoms with Crippen LogP contribution in [0.1, 0.15) is 11.8 Å². The van der Waals surface area contributed by atoms with E-state index in [1.165, 1.54) is 0 Å². The molecule has 0 bridgehead atoms. The minimum absolute atomic E-state index is 0.0417. The van der Waals surface area contributed by atoms with Gasteiger partial charge in [0.15, 0.2) is 6.23 Å². The Labute approximate surface area is 188 Å². The van der Waals surface area contributed by atoms with E-state index in [0.717, 1.165) is 10.8 Å². The number of hydrogen-bond acceptors (Lipinski definition) is 13. The Morgan fingerprint density at radius 1 is 1.18 bits per heavy atom. The van der Waals surface area contributed by atoms with Gasteiger partial charge in [-0.05, 0) is 12.0 Å². The van der Waals surface area contributed by atoms with Crippen molar-refractivity contribution in [3.63, 3.8) is 0 Å². The number of azide groups is 1. The van der Waals surface area contributed by atoms with Gasteiger partial charge in [0, 0.05) is 23.2 Å². The van der Waals surface area contributed by atoms with E-state index in [0.29, 0.717) is 0 Å². The van der Waals surface area contributed by atoms with Crippen LogP contribution in [0.5, 0.6) is 0 Å². The molecule has 0 aromatic carbocycles. The van der Waals surface area contributed by atoms with Crippen LogP contribution in [0, 0.1) is 0 Å². The fourth-order valence-electron chi connectivity index (χ4n) is 2.68. The summed E-state index contributed by atoms with van der Waals surface area (Å²) in [5.41, 5.74) is 13.2. The number of aliphatic hydroxyl groups is 2. The summed E-state index contributed by atoms with van der Waals surface area (Å²) in [7, 11) is -16.9. The molecule has 1 aromatic rings. The Bertz CT molecular complexity index is 1150. The number of phosphoric ester groups is 1. The van der Waals surface area contributed by atoms with E-state index in [9.17, 15) is 33.6 Å². The monoisotopic (exact) mass is 552 g/mol. The molecular weight excluding hydrogens is 533 g/mol. The van der Waals surface area contributed by atoms with Crippen LogP contribution < -0.4 is 11.4 Å². The number of aliphatic hydroxyl groups excluding tert-OH is 2. The first-order valence-electron chi connectivity index (χ1n) is 8.73. The standard InChI is InChI=1S/C11H19N6O14P3/c12-9-5(1-2-14-16-13)3-17(11(20)15-9)10-8(19)7(18)6(29-10)4-28-33(24,25)31-34(26,27)30-32(21,22)23/h3,6-8,10,18-19H,1-2,4H2,(H,24,25)(H,26,27)(H2,12,15,20)(H2,21,22,23)/t6-,7?,8?,10-/m1/s1. The number of nitrogens with two attached hydrogens (primary N) is 1. The predicted octanol–water partition coefficient (Wildman–Crippen LogP) is -1.36. The summed E-state index contributed by atoms with van der Waals surface area (Å²) >= 11 is 0. The summed E-state index contributed by atoms with van der Waals surface area (Å²) in [5.74, 6) is -0.188. The van der Waals surface area contributed by atoms with Gasteiger partial charge in [-0.1, -0.05) is 5.11 Å². The molecule has 0 saturated carbocycles. The Morgan fingerprint density at radius 2 is 1.82 bits per heavy atom. The lowest BCUT2D eigenvalue weighted by Crippen LogP contribution is -2.36. The first-order valence-corrected chi connectivity index (χ1v) is 13.3. The lowest BCUT2D eigenvalue weighted by molar-refractivity contribution is -0.0542. The summed E-state index contributed by atoms with van der Waals surface area (Å²) in [6, 6.07) is 0. The van der Waals surface area contributed by atoms with Crippen LogP contribution in [0.25, 0.3) is 10.4 Å². The minimum Gasteiger partial charge on any atom is -0.387 e. The molecule has 2 rings (SSSR count). The van der Waals surface area contributed by atoms with Gasteiger partial charge >= 0.3 is 29.2 Å². The Kier molecular flexibility index (Phi) is 9.15. The first-order chi connectivity index (χ1) is 15.6. The second kappa shape index (κ2) is 10.9. The van der Waals surface area contributed by atoms with E-state index in [1.54, 1.807) is 0 Å². The zero-order chi connectivity index (χ0) is 25.9. The highest BCUT2D eigenvalue weighted by atomic mass is 31.3. The summed E-state index contributed by atoms with van der Waals surface area (Å²) in [6.45, 7) is -1.11. The molecule has 1 fully saturated rings. The van der Waals surface area contributed by atoms with Crippen molar-refractivity contribution in [3.8, 4) is 0 Å². The molecule has 1 aromatic heterocycles. The lowest BCUT2D eigenvalue weighted by Gasteiger charge is -2.19. The Morgan fingerprint density at radius 3 is 2.41 bits per heavy atom. The molecule has 23 heteroatoms. The van der Waals surface area contributed by atoms with Gasteiger partial charge in [0.2, 0.25) is 0 Å². The SMILES string of the molecule is [N-]=[N+]=NCCc1cn([C@@H]2O[C@H](COP(=O)(O)OP(=O)(O)OP(=O)(O)O)C(O)C2O)c(=O)nc1N. The molecule has 1 aliphatic rings. The van der Waals surface area contributed by atoms with E-state index in [-0.39, 0.29) is 24.3 Å². The summed E-state index contributed by atoms with van der Waals surface area (Å²) in [4.78, 5) is 53.9. The number of rotatable bonds is 11. The van der Waals surface area contributed by atoms with Crippen LogP contribution in [0.4, 0.5) is 5.82 Å². The van der Waals surface area contributed by atoms with E-state index in [1.807, 2.05) is 0 Å². The molecule has 4 unspecified atom stereocenters. The number of anilines is 1. The average Bonchev–Trinajstić information content (AvgIpc) is 2.94. The second-order valence-electron chi connectivity index (χ2n) is 6.48. The van der Waals surface area contributed by atoms with Crippen molar-refractivity contribution in [2.45, 2.75) is 31.0 Å². The van der Waals surface area contributed by atoms with Gasteiger partial charge in [-0.25, -0.2) is 18.5 Å². The highest BCUT2D eigenvalue weighted by Crippen LogP contribution is 2.66. The van der Waals surface area contributed by atoms with Crippen LogP contribution >= 0.6 is 23.5 Å². The normalized spacial score (nSPS) is 26.4. The molecule has 8 N–H and O–H groups in total. The molecule has 20 nitrogen and oxygen atoms in total. The molecule has 0 aliphatic carbocycles. The minimum atomic E-state index is -5.76. The third-order valence-electron chi connectivity index (χ3n) is 4.03. The Balaban J connectivity index is 2.13. The van der Waals surface area contributed by atoms with Crippen molar-refractivity contribution >= 4 is 29.3 Å². The van der Waals surface area contributed by atoms with Gasteiger partial charge in [-0.15, -0.1) is 0 Å². The summed E-state index contributed by atoms with van der Waals surface area (Å²) in [6.07, 6.45) is -5.65. The van der Waals surface area contributed by atoms with E-state index >= 15 is 0 Å². The maximum Gasteiger partial charge on any atom is 0.490 e. The average molecular weight is 552 g/mol. The summed E-state index contributed by atoms with van der Waals surface area (Å²) < 4.78 is 51.2. The molecule has 6 atom stereocenters. The van der Waals surface area contributed by atoms with Gasteiger partial charge in [-0.2, -0.15) is 13.6 Å². The van der Waals surface area contributed by atoms with Gasteiger partial charge in [-0.3, -0.25) is 9.09 Å². The first kappa shape index (κ1) is 28.5. The molecule has 0 amide bonds. The molecule has 0 radical (unpaired) electrons. The van der Waals surface area contributed by atoms with Gasteiger partial charge in [0.05, 0.1) is 6.61 Å². The number of nitrogen functional groups attached to an aromatic ring is 1. The van der Waals surface area contributed by atoms with Crippen molar-refractivity contribution in [1.29, 1.82) is 0 Å². The molecule has 1 aliphatic heterocycles. The van der Waals surface area contributed by atoms with Gasteiger partial charge < -0.3 is 40.3 Å². The highest BCUT2D eigenvalue weighted by molar-refractivity contribution is 7.66. The number of aromatic nitrogens is 2. The van der Waals surface area contributed by atoms with Crippen LogP contribution in [0.2, 0.25) is 0 Å². The van der Waals surface area contributed by atoms with Crippen LogP contribution in [-0.4, -0.2) is 70.8 Å². The van der Waals surface area contributed by atoms with Crippen LogP contribution in [0.3, 0.4) is 0 Å². The van der Waals surface area contributed by atoms with E-state index < -0.39 is 60.3 Å². The zero-order valence-corrected chi connectivity index (χ0v) is 19.3. The summed E-state index contributed by atoms with van der Waals surface area (Å²) in [5, 5.41) is 23.7. The highest BCUT2D eigenvalue weighted by Gasteiger charge is 2.46. The van der Waals surface area contributed by atoms with Crippen molar-refractivity contribution < 1.29 is 61.4 Å². The zero-order valence-electron chi connectivity index (χ0n) is 16.6. The smallest absolute Gasteiger partial charge is 0.387 e. The van der Waals surface area contributed by atoms with Crippen molar-refractivity contribution in [2.75, 3.05) is 18.9 Å². The molecule has 192 valence electrons. The molecule has 34 heavy (non-hydrogen) atoms. The van der Waals surface area contributed by atoms with Gasteiger partial charge in [0.25, 0.3) is 0 Å². The maximum absolute atomic E-state index is 12.2. The third-order valence-corrected chi connectivity index (χ3v) is 7.84. The quantitative estimate of drug-likeness (QED) is 0.0721. The number of hydrogen-bond donors (Lipinski definition) is 7. The number of phosphoric acid groups is 3. The third kappa shape index (κ3) is 7.91.